The lowest BCUT2D eigenvalue weighted by Gasteiger charge is -2.07. The molecule has 1 saturated carbocycles. The highest BCUT2D eigenvalue weighted by Crippen LogP contribution is 2.24. The minimum absolute atomic E-state index is 0.00354. The molecule has 0 bridgehead atoms. The molecule has 3 rings (SSSR count). The Morgan fingerprint density at radius 3 is 2.71 bits per heavy atom. The van der Waals surface area contributed by atoms with Crippen molar-refractivity contribution >= 4 is 17.4 Å². The molecule has 1 heterocycles. The summed E-state index contributed by atoms with van der Waals surface area (Å²) in [6, 6.07) is 10.4. The van der Waals surface area contributed by atoms with Crippen molar-refractivity contribution in [2.45, 2.75) is 25.3 Å². The van der Waals surface area contributed by atoms with E-state index in [0.29, 0.717) is 17.4 Å². The van der Waals surface area contributed by atoms with Crippen molar-refractivity contribution in [2.75, 3.05) is 10.6 Å². The molecule has 1 aliphatic rings. The topological polar surface area (TPSA) is 54.0 Å². The molecule has 0 radical (unpaired) electrons. The van der Waals surface area contributed by atoms with E-state index in [-0.39, 0.29) is 18.1 Å². The summed E-state index contributed by atoms with van der Waals surface area (Å²) in [5.74, 6) is -0.183. The third kappa shape index (κ3) is 3.78. The molecule has 2 N–H and O–H groups in total. The monoisotopic (exact) mass is 285 g/mol. The highest BCUT2D eigenvalue weighted by molar-refractivity contribution is 5.91. The number of nitrogens with one attached hydrogen (secondary N) is 2. The Morgan fingerprint density at radius 2 is 2.05 bits per heavy atom. The van der Waals surface area contributed by atoms with Crippen LogP contribution >= 0.6 is 0 Å². The Kier molecular flexibility index (Phi) is 3.81. The fourth-order valence-electron chi connectivity index (χ4n) is 2.02. The maximum atomic E-state index is 13.5. The van der Waals surface area contributed by atoms with Crippen molar-refractivity contribution in [1.82, 2.24) is 4.98 Å². The molecule has 21 heavy (non-hydrogen) atoms. The van der Waals surface area contributed by atoms with Crippen molar-refractivity contribution in [2.24, 2.45) is 0 Å². The molecule has 0 unspecified atom stereocenters. The molecule has 1 aromatic carbocycles. The molecular formula is C16H16FN3O. The Balaban J connectivity index is 1.57. The maximum Gasteiger partial charge on any atom is 0.230 e. The van der Waals surface area contributed by atoms with E-state index in [0.717, 1.165) is 5.69 Å². The third-order valence-electron chi connectivity index (χ3n) is 3.29. The summed E-state index contributed by atoms with van der Waals surface area (Å²) < 4.78 is 13.5. The highest BCUT2D eigenvalue weighted by atomic mass is 19.1. The van der Waals surface area contributed by atoms with Crippen LogP contribution in [0.15, 0.2) is 42.6 Å². The van der Waals surface area contributed by atoms with Gasteiger partial charge in [-0.2, -0.15) is 0 Å². The first kappa shape index (κ1) is 13.5. The van der Waals surface area contributed by atoms with E-state index < -0.39 is 0 Å². The van der Waals surface area contributed by atoms with Crippen LogP contribution in [0.5, 0.6) is 0 Å². The number of pyridine rings is 1. The van der Waals surface area contributed by atoms with Gasteiger partial charge in [0, 0.05) is 6.04 Å². The molecule has 0 saturated heterocycles. The quantitative estimate of drug-likeness (QED) is 0.888. The van der Waals surface area contributed by atoms with Crippen molar-refractivity contribution < 1.29 is 9.18 Å². The van der Waals surface area contributed by atoms with Crippen LogP contribution in [0.1, 0.15) is 18.4 Å². The Morgan fingerprint density at radius 1 is 1.24 bits per heavy atom. The second-order valence-electron chi connectivity index (χ2n) is 5.17. The van der Waals surface area contributed by atoms with E-state index in [2.05, 4.69) is 15.6 Å². The number of nitrogens with zero attached hydrogens (tertiary/aromatic N) is 1. The lowest BCUT2D eigenvalue weighted by atomic mass is 10.1. The van der Waals surface area contributed by atoms with Crippen molar-refractivity contribution in [3.05, 3.63) is 54.0 Å². The van der Waals surface area contributed by atoms with Gasteiger partial charge >= 0.3 is 0 Å². The van der Waals surface area contributed by atoms with Gasteiger partial charge in [-0.05, 0) is 36.6 Å². The van der Waals surface area contributed by atoms with Gasteiger partial charge in [-0.3, -0.25) is 4.79 Å². The number of carbonyl (C=O) groups excluding carboxylic acids is 1. The van der Waals surface area contributed by atoms with Crippen LogP contribution < -0.4 is 10.6 Å². The average Bonchev–Trinajstić information content (AvgIpc) is 3.28. The molecule has 4 nitrogen and oxygen atoms in total. The van der Waals surface area contributed by atoms with E-state index >= 15 is 0 Å². The number of anilines is 2. The summed E-state index contributed by atoms with van der Waals surface area (Å²) in [6.45, 7) is 0. The minimum Gasteiger partial charge on any atom is -0.381 e. The van der Waals surface area contributed by atoms with Crippen LogP contribution in [0.2, 0.25) is 0 Å². The predicted molar refractivity (Wildman–Crippen MR) is 79.6 cm³/mol. The molecule has 108 valence electrons. The third-order valence-corrected chi connectivity index (χ3v) is 3.29. The number of hydrogen-bond donors (Lipinski definition) is 2. The van der Waals surface area contributed by atoms with Crippen molar-refractivity contribution in [1.29, 1.82) is 0 Å². The van der Waals surface area contributed by atoms with Gasteiger partial charge in [-0.15, -0.1) is 0 Å². The second kappa shape index (κ2) is 5.91. The zero-order valence-corrected chi connectivity index (χ0v) is 11.5. The molecule has 0 spiro atoms. The Bertz CT molecular complexity index is 638. The maximum absolute atomic E-state index is 13.5. The van der Waals surface area contributed by atoms with E-state index in [1.54, 1.807) is 30.5 Å². The van der Waals surface area contributed by atoms with Crippen LogP contribution in [0, 0.1) is 5.82 Å². The molecule has 5 heteroatoms. The van der Waals surface area contributed by atoms with Gasteiger partial charge in [0.25, 0.3) is 0 Å². The van der Waals surface area contributed by atoms with Gasteiger partial charge in [0.15, 0.2) is 0 Å². The molecule has 1 aliphatic carbocycles. The fourth-order valence-corrected chi connectivity index (χ4v) is 2.02. The van der Waals surface area contributed by atoms with Crippen LogP contribution in [-0.2, 0) is 11.2 Å². The Labute approximate surface area is 122 Å². The van der Waals surface area contributed by atoms with Gasteiger partial charge in [0.05, 0.1) is 18.3 Å². The first-order valence-electron chi connectivity index (χ1n) is 6.96. The highest BCUT2D eigenvalue weighted by Gasteiger charge is 2.20. The summed E-state index contributed by atoms with van der Waals surface area (Å²) in [5.41, 5.74) is 1.33. The zero-order valence-electron chi connectivity index (χ0n) is 11.5. The number of benzene rings is 1. The summed E-state index contributed by atoms with van der Waals surface area (Å²) in [6.07, 6.45) is 4.08. The SMILES string of the molecule is O=C(Cc1ccccc1F)Nc1ccc(NC2CC2)cn1. The first-order chi connectivity index (χ1) is 10.2. The van der Waals surface area contributed by atoms with E-state index in [9.17, 15) is 9.18 Å². The van der Waals surface area contributed by atoms with Gasteiger partial charge in [0.2, 0.25) is 5.91 Å². The summed E-state index contributed by atoms with van der Waals surface area (Å²) in [4.78, 5) is 16.0. The standard InChI is InChI=1S/C16H16FN3O/c17-14-4-2-1-3-11(14)9-16(21)20-15-8-7-13(10-18-15)19-12-5-6-12/h1-4,7-8,10,12,19H,5-6,9H2,(H,18,20,21). The van der Waals surface area contributed by atoms with E-state index in [1.807, 2.05) is 6.07 Å². The van der Waals surface area contributed by atoms with Gasteiger partial charge in [0.1, 0.15) is 11.6 Å². The van der Waals surface area contributed by atoms with Gasteiger partial charge < -0.3 is 10.6 Å². The number of halogens is 1. The van der Waals surface area contributed by atoms with Crippen LogP contribution in [0.3, 0.4) is 0 Å². The number of carbonyl (C=O) groups is 1. The largest absolute Gasteiger partial charge is 0.381 e. The molecular weight excluding hydrogens is 269 g/mol. The number of amides is 1. The fraction of sp³-hybridized carbons (Fsp3) is 0.250. The number of rotatable bonds is 5. The molecule has 0 aliphatic heterocycles. The first-order valence-corrected chi connectivity index (χ1v) is 6.96. The minimum atomic E-state index is -0.371. The van der Waals surface area contributed by atoms with E-state index in [4.69, 9.17) is 0 Å². The zero-order chi connectivity index (χ0) is 14.7. The van der Waals surface area contributed by atoms with Crippen molar-refractivity contribution in [3.8, 4) is 0 Å². The lowest BCUT2D eigenvalue weighted by Crippen LogP contribution is -2.16. The van der Waals surface area contributed by atoms with Gasteiger partial charge in [-0.25, -0.2) is 9.37 Å². The van der Waals surface area contributed by atoms with Crippen molar-refractivity contribution in [3.63, 3.8) is 0 Å². The summed E-state index contributed by atoms with van der Waals surface area (Å²) in [7, 11) is 0. The molecule has 2 aromatic rings. The summed E-state index contributed by atoms with van der Waals surface area (Å²) in [5, 5.41) is 5.99. The predicted octanol–water partition coefficient (Wildman–Crippen LogP) is 2.98. The smallest absolute Gasteiger partial charge is 0.230 e. The Hall–Kier alpha value is -2.43. The van der Waals surface area contributed by atoms with Crippen LogP contribution in [0.4, 0.5) is 15.9 Å². The van der Waals surface area contributed by atoms with Crippen LogP contribution in [0.25, 0.3) is 0 Å². The van der Waals surface area contributed by atoms with Gasteiger partial charge in [-0.1, -0.05) is 18.2 Å². The van der Waals surface area contributed by atoms with E-state index in [1.165, 1.54) is 18.9 Å². The lowest BCUT2D eigenvalue weighted by molar-refractivity contribution is -0.115. The second-order valence-corrected chi connectivity index (χ2v) is 5.17. The number of aromatic nitrogens is 1. The molecule has 1 fully saturated rings. The normalized spacial score (nSPS) is 13.8. The number of hydrogen-bond acceptors (Lipinski definition) is 3. The van der Waals surface area contributed by atoms with Crippen LogP contribution in [-0.4, -0.2) is 16.9 Å². The molecule has 1 amide bonds. The molecule has 0 atom stereocenters. The summed E-state index contributed by atoms with van der Waals surface area (Å²) >= 11 is 0. The average molecular weight is 285 g/mol. The molecule has 1 aromatic heterocycles.